The van der Waals surface area contributed by atoms with Crippen molar-refractivity contribution in [3.63, 3.8) is 0 Å². The van der Waals surface area contributed by atoms with E-state index in [4.69, 9.17) is 5.11 Å². The zero-order valence-corrected chi connectivity index (χ0v) is 13.8. The molecule has 0 aliphatic rings. The molecule has 26 heavy (non-hydrogen) atoms. The Labute approximate surface area is 147 Å². The predicted octanol–water partition coefficient (Wildman–Crippen LogP) is 1.10. The van der Waals surface area contributed by atoms with Crippen molar-refractivity contribution in [1.29, 1.82) is 0 Å². The summed E-state index contributed by atoms with van der Waals surface area (Å²) in [6.07, 6.45) is 2.49. The maximum Gasteiger partial charge on any atom is 0.322 e. The van der Waals surface area contributed by atoms with E-state index in [2.05, 4.69) is 10.3 Å². The molecular weight excluding hydrogens is 340 g/mol. The highest BCUT2D eigenvalue weighted by Crippen LogP contribution is 2.15. The Hall–Kier alpha value is -3.68. The first kappa shape index (κ1) is 18.7. The highest BCUT2D eigenvalue weighted by Gasteiger charge is 2.14. The van der Waals surface area contributed by atoms with E-state index in [1.54, 1.807) is 19.1 Å². The number of rotatable bonds is 6. The lowest BCUT2D eigenvalue weighted by Gasteiger charge is -2.03. The van der Waals surface area contributed by atoms with Crippen LogP contribution in [0.15, 0.2) is 41.2 Å². The van der Waals surface area contributed by atoms with Gasteiger partial charge >= 0.3 is 5.97 Å². The molecule has 1 aromatic heterocycles. The lowest BCUT2D eigenvalue weighted by molar-refractivity contribution is -0.135. The van der Waals surface area contributed by atoms with E-state index in [-0.39, 0.29) is 11.1 Å². The lowest BCUT2D eigenvalue weighted by atomic mass is 10.1. The number of hydrogen-bond acceptors (Lipinski definition) is 5. The van der Waals surface area contributed by atoms with Gasteiger partial charge < -0.3 is 20.5 Å². The number of aromatic amines is 1. The maximum atomic E-state index is 12.2. The minimum atomic E-state index is -1.16. The van der Waals surface area contributed by atoms with Crippen LogP contribution in [-0.2, 0) is 4.79 Å². The number of ketones is 1. The van der Waals surface area contributed by atoms with E-state index in [1.807, 2.05) is 0 Å². The highest BCUT2D eigenvalue weighted by atomic mass is 16.4. The fourth-order valence-corrected chi connectivity index (χ4v) is 2.21. The molecule has 0 saturated carbocycles. The van der Waals surface area contributed by atoms with Gasteiger partial charge in [-0.15, -0.1) is 0 Å². The van der Waals surface area contributed by atoms with Gasteiger partial charge in [0.15, 0.2) is 5.78 Å². The molecule has 1 amide bonds. The number of carbonyl (C=O) groups is 3. The summed E-state index contributed by atoms with van der Waals surface area (Å²) in [5.41, 5.74) is 0.0653. The van der Waals surface area contributed by atoms with Gasteiger partial charge in [-0.25, -0.2) is 0 Å². The van der Waals surface area contributed by atoms with Crippen LogP contribution >= 0.6 is 0 Å². The van der Waals surface area contributed by atoms with Crippen molar-refractivity contribution in [2.75, 3.05) is 6.54 Å². The fourth-order valence-electron chi connectivity index (χ4n) is 2.21. The van der Waals surface area contributed by atoms with Gasteiger partial charge in [0.05, 0.1) is 0 Å². The smallest absolute Gasteiger partial charge is 0.322 e. The van der Waals surface area contributed by atoms with E-state index < -0.39 is 35.5 Å². The number of nitrogens with one attached hydrogen (secondary N) is 2. The molecule has 0 fully saturated rings. The summed E-state index contributed by atoms with van der Waals surface area (Å²) in [6.45, 7) is 1.07. The maximum absolute atomic E-state index is 12.2. The molecule has 0 aliphatic heterocycles. The number of carbonyl (C=O) groups excluding carboxylic acids is 2. The van der Waals surface area contributed by atoms with Crippen molar-refractivity contribution in [3.8, 4) is 5.75 Å². The van der Waals surface area contributed by atoms with Crippen LogP contribution in [0.25, 0.3) is 6.08 Å². The number of H-pyrrole nitrogens is 1. The number of aliphatic carboxylic acids is 1. The fraction of sp³-hybridized carbons (Fsp3) is 0.111. The minimum Gasteiger partial charge on any atom is -0.507 e. The van der Waals surface area contributed by atoms with E-state index in [0.717, 1.165) is 6.08 Å². The normalized spacial score (nSPS) is 10.7. The number of allylic oxidation sites excluding steroid dienone is 1. The first-order valence-electron chi connectivity index (χ1n) is 7.53. The number of hydrogen-bond donors (Lipinski definition) is 4. The zero-order chi connectivity index (χ0) is 19.3. The Morgan fingerprint density at radius 1 is 1.23 bits per heavy atom. The Balaban J connectivity index is 2.20. The van der Waals surface area contributed by atoms with E-state index >= 15 is 0 Å². The first-order valence-corrected chi connectivity index (χ1v) is 7.53. The predicted molar refractivity (Wildman–Crippen MR) is 93.2 cm³/mol. The quantitative estimate of drug-likeness (QED) is 0.452. The van der Waals surface area contributed by atoms with Crippen LogP contribution < -0.4 is 10.9 Å². The molecule has 0 atom stereocenters. The number of benzene rings is 1. The summed E-state index contributed by atoms with van der Waals surface area (Å²) in [5.74, 6) is -2.84. The third-order valence-electron chi connectivity index (χ3n) is 3.37. The van der Waals surface area contributed by atoms with Crippen LogP contribution in [0.4, 0.5) is 0 Å². The van der Waals surface area contributed by atoms with Gasteiger partial charge in [-0.05, 0) is 36.8 Å². The average molecular weight is 356 g/mol. The Morgan fingerprint density at radius 2 is 1.96 bits per heavy atom. The second kappa shape index (κ2) is 7.93. The Morgan fingerprint density at radius 3 is 2.62 bits per heavy atom. The molecule has 8 nitrogen and oxygen atoms in total. The van der Waals surface area contributed by atoms with Crippen molar-refractivity contribution in [3.05, 3.63) is 69.1 Å². The number of carboxylic acids is 1. The van der Waals surface area contributed by atoms with Crippen molar-refractivity contribution in [1.82, 2.24) is 10.3 Å². The van der Waals surface area contributed by atoms with Crippen LogP contribution in [0.2, 0.25) is 0 Å². The number of aromatic nitrogens is 1. The molecular formula is C18H16N2O6. The van der Waals surface area contributed by atoms with Crippen molar-refractivity contribution in [2.45, 2.75) is 6.92 Å². The molecule has 1 aromatic carbocycles. The first-order chi connectivity index (χ1) is 12.3. The third kappa shape index (κ3) is 4.67. The Kier molecular flexibility index (Phi) is 5.69. The number of aromatic hydroxyl groups is 1. The van der Waals surface area contributed by atoms with Crippen molar-refractivity contribution >= 4 is 23.7 Å². The molecule has 1 heterocycles. The van der Waals surface area contributed by atoms with Gasteiger partial charge in [0, 0.05) is 11.3 Å². The monoisotopic (exact) mass is 356 g/mol. The second-order valence-electron chi connectivity index (χ2n) is 5.44. The molecule has 0 unspecified atom stereocenters. The van der Waals surface area contributed by atoms with E-state index in [1.165, 1.54) is 24.3 Å². The summed E-state index contributed by atoms with van der Waals surface area (Å²) in [7, 11) is 0. The average Bonchev–Trinajstić information content (AvgIpc) is 2.57. The molecule has 0 saturated heterocycles. The van der Waals surface area contributed by atoms with Crippen LogP contribution in [0, 0.1) is 6.92 Å². The number of pyridine rings is 1. The molecule has 0 radical (unpaired) electrons. The number of carboxylic acid groups (broad SMARTS) is 1. The van der Waals surface area contributed by atoms with Gasteiger partial charge in [0.25, 0.3) is 11.5 Å². The molecule has 2 rings (SSSR count). The Bertz CT molecular complexity index is 958. The van der Waals surface area contributed by atoms with Gasteiger partial charge in [-0.1, -0.05) is 18.2 Å². The zero-order valence-electron chi connectivity index (χ0n) is 13.8. The van der Waals surface area contributed by atoms with Crippen LogP contribution in [0.5, 0.6) is 5.75 Å². The van der Waals surface area contributed by atoms with Crippen LogP contribution in [0.1, 0.15) is 32.0 Å². The van der Waals surface area contributed by atoms with Crippen LogP contribution in [0.3, 0.4) is 0 Å². The van der Waals surface area contributed by atoms with Crippen molar-refractivity contribution in [2.24, 2.45) is 0 Å². The molecule has 0 aliphatic carbocycles. The van der Waals surface area contributed by atoms with Gasteiger partial charge in [0.1, 0.15) is 17.9 Å². The van der Waals surface area contributed by atoms with E-state index in [0.29, 0.717) is 11.3 Å². The molecule has 0 spiro atoms. The largest absolute Gasteiger partial charge is 0.507 e. The SMILES string of the molecule is Cc1cc(O)c(C(=O)C=Cc2cccc(C(=O)NCC(=O)O)c2)c(=O)[nH]1. The van der Waals surface area contributed by atoms with Gasteiger partial charge in [0.2, 0.25) is 0 Å². The summed E-state index contributed by atoms with van der Waals surface area (Å²) in [4.78, 5) is 48.7. The number of aryl methyl sites for hydroxylation is 1. The summed E-state index contributed by atoms with van der Waals surface area (Å²) >= 11 is 0. The molecule has 8 heteroatoms. The summed E-state index contributed by atoms with van der Waals surface area (Å²) < 4.78 is 0. The van der Waals surface area contributed by atoms with E-state index in [9.17, 15) is 24.3 Å². The standard InChI is InChI=1S/C18H16N2O6/c1-10-7-14(22)16(18(26)20-10)13(21)6-5-11-3-2-4-12(8-11)17(25)19-9-15(23)24/h2-8H,9H2,1H3,(H,19,25)(H,23,24)(H2,20,22,26). The molecule has 4 N–H and O–H groups in total. The second-order valence-corrected chi connectivity index (χ2v) is 5.44. The third-order valence-corrected chi connectivity index (χ3v) is 3.37. The molecule has 2 aromatic rings. The lowest BCUT2D eigenvalue weighted by Crippen LogP contribution is -2.29. The number of amides is 1. The van der Waals surface area contributed by atoms with Gasteiger partial charge in [-0.2, -0.15) is 0 Å². The minimum absolute atomic E-state index is 0.219. The molecule has 134 valence electrons. The summed E-state index contributed by atoms with van der Waals surface area (Å²) in [5, 5.41) is 20.6. The highest BCUT2D eigenvalue weighted by molar-refractivity contribution is 6.08. The van der Waals surface area contributed by atoms with Crippen LogP contribution in [-0.4, -0.2) is 39.4 Å². The summed E-state index contributed by atoms with van der Waals surface area (Å²) in [6, 6.07) is 7.41. The van der Waals surface area contributed by atoms with Gasteiger partial charge in [-0.3, -0.25) is 19.2 Å². The van der Waals surface area contributed by atoms with Crippen molar-refractivity contribution < 1.29 is 24.6 Å². The topological polar surface area (TPSA) is 137 Å². The molecule has 0 bridgehead atoms.